The number of amides is 1. The zero-order chi connectivity index (χ0) is 13.1. The van der Waals surface area contributed by atoms with Crippen molar-refractivity contribution in [3.8, 4) is 0 Å². The summed E-state index contributed by atoms with van der Waals surface area (Å²) in [7, 11) is 0. The van der Waals surface area contributed by atoms with E-state index in [0.717, 1.165) is 12.1 Å². The van der Waals surface area contributed by atoms with Crippen LogP contribution in [-0.2, 0) is 10.9 Å². The Hall–Kier alpha value is -1.72. The highest BCUT2D eigenvalue weighted by Gasteiger charge is 2.30. The number of aryl methyl sites for hydroxylation is 1. The number of halogens is 3. The molecule has 3 nitrogen and oxygen atoms in total. The molecule has 0 bridgehead atoms. The lowest BCUT2D eigenvalue weighted by Crippen LogP contribution is -2.15. The molecule has 1 rings (SSSR count). The molecule has 1 N–H and O–H groups in total. The van der Waals surface area contributed by atoms with Crippen LogP contribution in [0, 0.1) is 6.92 Å². The monoisotopic (exact) mass is 247 g/mol. The molecule has 0 atom stereocenters. The molecule has 0 unspecified atom stereocenters. The van der Waals surface area contributed by atoms with Crippen LogP contribution in [0.15, 0.2) is 18.2 Å². The van der Waals surface area contributed by atoms with Gasteiger partial charge in [0.05, 0.1) is 12.2 Å². The van der Waals surface area contributed by atoms with Gasteiger partial charge in [0.15, 0.2) is 0 Å². The summed E-state index contributed by atoms with van der Waals surface area (Å²) in [6.45, 7) is 3.37. The first-order valence-corrected chi connectivity index (χ1v) is 4.96. The lowest BCUT2D eigenvalue weighted by Gasteiger charge is -2.12. The first kappa shape index (κ1) is 13.3. The van der Waals surface area contributed by atoms with Crippen LogP contribution in [0.25, 0.3) is 0 Å². The van der Waals surface area contributed by atoms with Gasteiger partial charge in [-0.25, -0.2) is 4.79 Å². The van der Waals surface area contributed by atoms with Gasteiger partial charge in [0.2, 0.25) is 0 Å². The Bertz CT molecular complexity index is 416. The fraction of sp³-hybridized carbons (Fsp3) is 0.364. The maximum absolute atomic E-state index is 12.4. The minimum atomic E-state index is -4.43. The van der Waals surface area contributed by atoms with E-state index in [1.54, 1.807) is 13.8 Å². The molecule has 94 valence electrons. The molecule has 0 aliphatic carbocycles. The zero-order valence-corrected chi connectivity index (χ0v) is 9.39. The van der Waals surface area contributed by atoms with E-state index in [-0.39, 0.29) is 12.3 Å². The predicted octanol–water partition coefficient (Wildman–Crippen LogP) is 3.58. The van der Waals surface area contributed by atoms with Crippen molar-refractivity contribution in [3.05, 3.63) is 29.3 Å². The van der Waals surface area contributed by atoms with Crippen LogP contribution in [0.5, 0.6) is 0 Å². The quantitative estimate of drug-likeness (QED) is 0.867. The fourth-order valence-electron chi connectivity index (χ4n) is 1.21. The van der Waals surface area contributed by atoms with Crippen LogP contribution in [0.4, 0.5) is 23.7 Å². The summed E-state index contributed by atoms with van der Waals surface area (Å²) in [5.41, 5.74) is -0.181. The van der Waals surface area contributed by atoms with E-state index >= 15 is 0 Å². The molecular weight excluding hydrogens is 235 g/mol. The summed E-state index contributed by atoms with van der Waals surface area (Å²) in [6, 6.07) is 3.14. The molecule has 1 aromatic carbocycles. The van der Waals surface area contributed by atoms with Crippen LogP contribution in [-0.4, -0.2) is 12.7 Å². The SMILES string of the molecule is CCOC(=O)Nc1cc(C(F)(F)F)ccc1C. The third-order valence-electron chi connectivity index (χ3n) is 2.08. The third kappa shape index (κ3) is 3.65. The van der Waals surface area contributed by atoms with Crippen molar-refractivity contribution in [1.29, 1.82) is 0 Å². The van der Waals surface area contributed by atoms with Gasteiger partial charge in [0.1, 0.15) is 0 Å². The summed E-state index contributed by atoms with van der Waals surface area (Å²) < 4.78 is 41.9. The fourth-order valence-corrected chi connectivity index (χ4v) is 1.21. The largest absolute Gasteiger partial charge is 0.450 e. The maximum atomic E-state index is 12.4. The first-order chi connectivity index (χ1) is 7.84. The topological polar surface area (TPSA) is 38.3 Å². The number of benzene rings is 1. The number of ether oxygens (including phenoxy) is 1. The number of hydrogen-bond acceptors (Lipinski definition) is 2. The van der Waals surface area contributed by atoms with Gasteiger partial charge in [-0.15, -0.1) is 0 Å². The van der Waals surface area contributed by atoms with E-state index in [1.165, 1.54) is 6.07 Å². The second-order valence-corrected chi connectivity index (χ2v) is 3.37. The van der Waals surface area contributed by atoms with Crippen LogP contribution in [0.3, 0.4) is 0 Å². The number of carbonyl (C=O) groups is 1. The first-order valence-electron chi connectivity index (χ1n) is 4.96. The van der Waals surface area contributed by atoms with Crippen molar-refractivity contribution in [3.63, 3.8) is 0 Å². The van der Waals surface area contributed by atoms with Gasteiger partial charge in [-0.1, -0.05) is 6.07 Å². The highest BCUT2D eigenvalue weighted by molar-refractivity contribution is 5.85. The van der Waals surface area contributed by atoms with E-state index in [2.05, 4.69) is 10.1 Å². The Kier molecular flexibility index (Phi) is 3.98. The molecule has 0 spiro atoms. The van der Waals surface area contributed by atoms with Crippen LogP contribution < -0.4 is 5.32 Å². The van der Waals surface area contributed by atoms with Gasteiger partial charge in [-0.3, -0.25) is 5.32 Å². The molecule has 6 heteroatoms. The lowest BCUT2D eigenvalue weighted by atomic mass is 10.1. The molecule has 17 heavy (non-hydrogen) atoms. The molecule has 0 aliphatic rings. The van der Waals surface area contributed by atoms with E-state index < -0.39 is 17.8 Å². The number of hydrogen-bond donors (Lipinski definition) is 1. The summed E-state index contributed by atoms with van der Waals surface area (Å²) in [4.78, 5) is 11.1. The summed E-state index contributed by atoms with van der Waals surface area (Å²) >= 11 is 0. The number of carbonyl (C=O) groups excluding carboxylic acids is 1. The molecule has 0 saturated carbocycles. The Morgan fingerprint density at radius 2 is 2.06 bits per heavy atom. The highest BCUT2D eigenvalue weighted by Crippen LogP contribution is 2.32. The number of anilines is 1. The van der Waals surface area contributed by atoms with E-state index in [4.69, 9.17) is 0 Å². The molecule has 0 fully saturated rings. The maximum Gasteiger partial charge on any atom is 0.416 e. The Morgan fingerprint density at radius 3 is 2.59 bits per heavy atom. The van der Waals surface area contributed by atoms with Crippen LogP contribution in [0.1, 0.15) is 18.1 Å². The second kappa shape index (κ2) is 5.07. The van der Waals surface area contributed by atoms with Crippen molar-refractivity contribution in [2.24, 2.45) is 0 Å². The zero-order valence-electron chi connectivity index (χ0n) is 9.39. The number of rotatable bonds is 2. The summed E-state index contributed by atoms with van der Waals surface area (Å²) in [5, 5.41) is 2.26. The average molecular weight is 247 g/mol. The standard InChI is InChI=1S/C11H12F3NO2/c1-3-17-10(16)15-9-6-8(11(12,13)14)5-4-7(9)2/h4-6H,3H2,1-2H3,(H,15,16). The predicted molar refractivity (Wildman–Crippen MR) is 56.8 cm³/mol. The van der Waals surface area contributed by atoms with Crippen molar-refractivity contribution in [2.75, 3.05) is 11.9 Å². The van der Waals surface area contributed by atoms with Crippen LogP contribution in [0.2, 0.25) is 0 Å². The number of alkyl halides is 3. The molecule has 0 aromatic heterocycles. The third-order valence-corrected chi connectivity index (χ3v) is 2.08. The van der Waals surface area contributed by atoms with Gasteiger partial charge in [-0.05, 0) is 31.5 Å². The van der Waals surface area contributed by atoms with Gasteiger partial charge >= 0.3 is 12.3 Å². The van der Waals surface area contributed by atoms with Crippen molar-refractivity contribution in [1.82, 2.24) is 0 Å². The summed E-state index contributed by atoms with van der Waals surface area (Å²) in [5.74, 6) is 0. The van der Waals surface area contributed by atoms with Crippen molar-refractivity contribution >= 4 is 11.8 Å². The van der Waals surface area contributed by atoms with Gasteiger partial charge in [-0.2, -0.15) is 13.2 Å². The molecule has 0 radical (unpaired) electrons. The molecule has 0 aliphatic heterocycles. The number of nitrogens with one attached hydrogen (secondary N) is 1. The molecule has 0 heterocycles. The Balaban J connectivity index is 2.95. The highest BCUT2D eigenvalue weighted by atomic mass is 19.4. The van der Waals surface area contributed by atoms with Crippen LogP contribution >= 0.6 is 0 Å². The Morgan fingerprint density at radius 1 is 1.41 bits per heavy atom. The van der Waals surface area contributed by atoms with Crippen molar-refractivity contribution < 1.29 is 22.7 Å². The van der Waals surface area contributed by atoms with Gasteiger partial charge in [0, 0.05) is 5.69 Å². The minimum absolute atomic E-state index is 0.0956. The average Bonchev–Trinajstić information content (AvgIpc) is 2.20. The van der Waals surface area contributed by atoms with E-state index in [9.17, 15) is 18.0 Å². The normalized spacial score (nSPS) is 11.1. The molecular formula is C11H12F3NO2. The molecule has 1 aromatic rings. The smallest absolute Gasteiger partial charge is 0.416 e. The second-order valence-electron chi connectivity index (χ2n) is 3.37. The lowest BCUT2D eigenvalue weighted by molar-refractivity contribution is -0.137. The van der Waals surface area contributed by atoms with Gasteiger partial charge < -0.3 is 4.74 Å². The van der Waals surface area contributed by atoms with Gasteiger partial charge in [0.25, 0.3) is 0 Å². The molecule has 0 saturated heterocycles. The summed E-state index contributed by atoms with van der Waals surface area (Å²) in [6.07, 6.45) is -5.20. The molecule has 1 amide bonds. The minimum Gasteiger partial charge on any atom is -0.450 e. The van der Waals surface area contributed by atoms with Crippen molar-refractivity contribution in [2.45, 2.75) is 20.0 Å². The van der Waals surface area contributed by atoms with E-state index in [1.807, 2.05) is 0 Å². The Labute approximate surface area is 96.6 Å². The van der Waals surface area contributed by atoms with E-state index in [0.29, 0.717) is 5.56 Å².